The molecule has 2 fully saturated rings. The van der Waals surface area contributed by atoms with Crippen LogP contribution in [0, 0.1) is 5.92 Å². The highest BCUT2D eigenvalue weighted by Crippen LogP contribution is 2.30. The zero-order chi connectivity index (χ0) is 12.3. The average molecular weight is 240 g/mol. The van der Waals surface area contributed by atoms with Gasteiger partial charge in [-0.15, -0.1) is 0 Å². The molecule has 0 amide bonds. The van der Waals surface area contributed by atoms with Gasteiger partial charge in [0.1, 0.15) is 0 Å². The fourth-order valence-corrected chi connectivity index (χ4v) is 2.68. The van der Waals surface area contributed by atoms with Crippen molar-refractivity contribution in [3.8, 4) is 0 Å². The normalized spacial score (nSPS) is 24.5. The van der Waals surface area contributed by atoms with Crippen molar-refractivity contribution in [1.82, 2.24) is 10.2 Å². The van der Waals surface area contributed by atoms with Crippen LogP contribution in [0.15, 0.2) is 0 Å². The number of rotatable bonds is 6. The molecule has 1 saturated carbocycles. The number of aliphatic hydroxyl groups is 1. The second-order valence-corrected chi connectivity index (χ2v) is 6.36. The lowest BCUT2D eigenvalue weighted by molar-refractivity contribution is -0.0237. The van der Waals surface area contributed by atoms with Gasteiger partial charge in [0.25, 0.3) is 0 Å². The van der Waals surface area contributed by atoms with Crippen molar-refractivity contribution >= 4 is 0 Å². The van der Waals surface area contributed by atoms with Gasteiger partial charge in [-0.2, -0.15) is 0 Å². The lowest BCUT2D eigenvalue weighted by Gasteiger charge is -2.37. The summed E-state index contributed by atoms with van der Waals surface area (Å²) in [7, 11) is 0. The summed E-state index contributed by atoms with van der Waals surface area (Å²) in [5.74, 6) is 0.763. The van der Waals surface area contributed by atoms with E-state index < -0.39 is 5.60 Å². The fourth-order valence-electron chi connectivity index (χ4n) is 2.68. The summed E-state index contributed by atoms with van der Waals surface area (Å²) in [6.07, 6.45) is 5.76. The minimum absolute atomic E-state index is 0.426. The van der Waals surface area contributed by atoms with Gasteiger partial charge in [0.05, 0.1) is 5.60 Å². The molecule has 100 valence electrons. The van der Waals surface area contributed by atoms with Crippen LogP contribution in [0.1, 0.15) is 46.0 Å². The Morgan fingerprint density at radius 2 is 1.94 bits per heavy atom. The van der Waals surface area contributed by atoms with Crippen molar-refractivity contribution < 1.29 is 5.11 Å². The van der Waals surface area contributed by atoms with Crippen LogP contribution in [-0.4, -0.2) is 47.8 Å². The van der Waals surface area contributed by atoms with Gasteiger partial charge >= 0.3 is 0 Å². The largest absolute Gasteiger partial charge is 0.388 e. The second kappa shape index (κ2) is 5.68. The number of piperidine rings is 1. The van der Waals surface area contributed by atoms with E-state index in [0.717, 1.165) is 51.0 Å². The van der Waals surface area contributed by atoms with Crippen LogP contribution >= 0.6 is 0 Å². The first-order chi connectivity index (χ1) is 8.09. The average Bonchev–Trinajstić information content (AvgIpc) is 3.08. The van der Waals surface area contributed by atoms with Crippen LogP contribution < -0.4 is 5.32 Å². The third-order valence-corrected chi connectivity index (χ3v) is 4.09. The Kier molecular flexibility index (Phi) is 4.45. The Morgan fingerprint density at radius 3 is 2.47 bits per heavy atom. The first kappa shape index (κ1) is 13.3. The highest BCUT2D eigenvalue weighted by atomic mass is 16.3. The molecule has 2 N–H and O–H groups in total. The van der Waals surface area contributed by atoms with E-state index in [1.165, 1.54) is 19.3 Å². The van der Waals surface area contributed by atoms with Crippen LogP contribution in [0.4, 0.5) is 0 Å². The summed E-state index contributed by atoms with van der Waals surface area (Å²) in [6.45, 7) is 8.57. The summed E-state index contributed by atoms with van der Waals surface area (Å²) < 4.78 is 0. The van der Waals surface area contributed by atoms with Crippen LogP contribution in [0.3, 0.4) is 0 Å². The third kappa shape index (κ3) is 4.23. The second-order valence-electron chi connectivity index (χ2n) is 6.36. The number of hydrogen-bond donors (Lipinski definition) is 2. The van der Waals surface area contributed by atoms with E-state index in [9.17, 15) is 5.11 Å². The molecule has 1 aliphatic heterocycles. The maximum Gasteiger partial charge on any atom is 0.0798 e. The predicted molar refractivity (Wildman–Crippen MR) is 71.1 cm³/mol. The van der Waals surface area contributed by atoms with Crippen molar-refractivity contribution in [3.05, 3.63) is 0 Å². The first-order valence-corrected chi connectivity index (χ1v) is 7.26. The summed E-state index contributed by atoms with van der Waals surface area (Å²) in [4.78, 5) is 2.55. The Balaban J connectivity index is 1.83. The predicted octanol–water partition coefficient (Wildman–Crippen LogP) is 1.61. The topological polar surface area (TPSA) is 35.5 Å². The summed E-state index contributed by atoms with van der Waals surface area (Å²) in [6, 6.07) is 0.771. The third-order valence-electron chi connectivity index (χ3n) is 4.09. The molecule has 3 heteroatoms. The van der Waals surface area contributed by atoms with Crippen molar-refractivity contribution in [2.24, 2.45) is 5.92 Å². The van der Waals surface area contributed by atoms with E-state index in [1.54, 1.807) is 0 Å². The monoisotopic (exact) mass is 240 g/mol. The molecule has 0 aromatic carbocycles. The molecule has 0 radical (unpaired) electrons. The van der Waals surface area contributed by atoms with Gasteiger partial charge in [0.15, 0.2) is 0 Å². The molecule has 17 heavy (non-hydrogen) atoms. The first-order valence-electron chi connectivity index (χ1n) is 7.26. The smallest absolute Gasteiger partial charge is 0.0798 e. The van der Waals surface area contributed by atoms with Gasteiger partial charge in [-0.1, -0.05) is 13.8 Å². The van der Waals surface area contributed by atoms with E-state index in [2.05, 4.69) is 24.1 Å². The SMILES string of the molecule is CC(C)CCN(CC1(O)CCNCC1)C1CC1. The highest BCUT2D eigenvalue weighted by Gasteiger charge is 2.36. The quantitative estimate of drug-likeness (QED) is 0.740. The summed E-state index contributed by atoms with van der Waals surface area (Å²) in [5.41, 5.74) is -0.426. The fraction of sp³-hybridized carbons (Fsp3) is 1.00. The molecule has 0 unspecified atom stereocenters. The zero-order valence-electron chi connectivity index (χ0n) is 11.4. The molecule has 1 aliphatic carbocycles. The Bertz CT molecular complexity index is 232. The Hall–Kier alpha value is -0.120. The van der Waals surface area contributed by atoms with Crippen LogP contribution in [0.5, 0.6) is 0 Å². The van der Waals surface area contributed by atoms with Crippen LogP contribution in [0.25, 0.3) is 0 Å². The van der Waals surface area contributed by atoms with Crippen molar-refractivity contribution in [2.75, 3.05) is 26.2 Å². The molecule has 1 saturated heterocycles. The molecule has 3 nitrogen and oxygen atoms in total. The van der Waals surface area contributed by atoms with Crippen LogP contribution in [0.2, 0.25) is 0 Å². The van der Waals surface area contributed by atoms with Gasteiger partial charge < -0.3 is 10.4 Å². The number of hydrogen-bond acceptors (Lipinski definition) is 3. The van der Waals surface area contributed by atoms with E-state index in [4.69, 9.17) is 0 Å². The molecule has 2 aliphatic rings. The molecular formula is C14H28N2O. The van der Waals surface area contributed by atoms with Crippen molar-refractivity contribution in [2.45, 2.75) is 57.6 Å². The van der Waals surface area contributed by atoms with E-state index in [0.29, 0.717) is 0 Å². The standard InChI is InChI=1S/C14H28N2O/c1-12(2)5-10-16(13-3-4-13)11-14(17)6-8-15-9-7-14/h12-13,15,17H,3-11H2,1-2H3. The van der Waals surface area contributed by atoms with Gasteiger partial charge in [-0.3, -0.25) is 4.90 Å². The number of nitrogens with zero attached hydrogens (tertiary/aromatic N) is 1. The van der Waals surface area contributed by atoms with Gasteiger partial charge in [-0.25, -0.2) is 0 Å². The van der Waals surface area contributed by atoms with Crippen molar-refractivity contribution in [1.29, 1.82) is 0 Å². The Morgan fingerprint density at radius 1 is 1.29 bits per heavy atom. The lowest BCUT2D eigenvalue weighted by atomic mass is 9.91. The minimum Gasteiger partial charge on any atom is -0.388 e. The van der Waals surface area contributed by atoms with Gasteiger partial charge in [0, 0.05) is 12.6 Å². The maximum atomic E-state index is 10.6. The Labute approximate surface area is 106 Å². The van der Waals surface area contributed by atoms with E-state index in [-0.39, 0.29) is 0 Å². The van der Waals surface area contributed by atoms with Crippen molar-refractivity contribution in [3.63, 3.8) is 0 Å². The molecular weight excluding hydrogens is 212 g/mol. The lowest BCUT2D eigenvalue weighted by Crippen LogP contribution is -2.50. The van der Waals surface area contributed by atoms with Gasteiger partial charge in [0.2, 0.25) is 0 Å². The highest BCUT2D eigenvalue weighted by molar-refractivity contribution is 4.92. The zero-order valence-corrected chi connectivity index (χ0v) is 11.4. The molecule has 0 bridgehead atoms. The molecule has 2 rings (SSSR count). The van der Waals surface area contributed by atoms with Crippen LogP contribution in [-0.2, 0) is 0 Å². The number of nitrogens with one attached hydrogen (secondary N) is 1. The molecule has 0 aromatic heterocycles. The molecule has 0 atom stereocenters. The molecule has 0 aromatic rings. The summed E-state index contributed by atoms with van der Waals surface area (Å²) >= 11 is 0. The minimum atomic E-state index is -0.426. The maximum absolute atomic E-state index is 10.6. The van der Waals surface area contributed by atoms with E-state index in [1.807, 2.05) is 0 Å². The van der Waals surface area contributed by atoms with E-state index >= 15 is 0 Å². The molecule has 0 spiro atoms. The summed E-state index contributed by atoms with van der Waals surface area (Å²) in [5, 5.41) is 13.9. The van der Waals surface area contributed by atoms with Gasteiger partial charge in [-0.05, 0) is 57.7 Å². The molecule has 1 heterocycles.